The van der Waals surface area contributed by atoms with Crippen LogP contribution in [-0.4, -0.2) is 20.5 Å². The third kappa shape index (κ3) is 4.82. The molecule has 2 amide bonds. The zero-order valence-corrected chi connectivity index (χ0v) is 12.7. The summed E-state index contributed by atoms with van der Waals surface area (Å²) in [5.41, 5.74) is 0.803. The third-order valence-electron chi connectivity index (χ3n) is 3.05. The second-order valence-electron chi connectivity index (χ2n) is 4.76. The van der Waals surface area contributed by atoms with E-state index >= 15 is 0 Å². The van der Waals surface area contributed by atoms with Gasteiger partial charge in [-0.15, -0.1) is 0 Å². The number of sulfonamides is 1. The monoisotopic (exact) mass is 299 g/mol. The van der Waals surface area contributed by atoms with Gasteiger partial charge in [0.1, 0.15) is 0 Å². The quantitative estimate of drug-likeness (QED) is 0.767. The number of hydrogen-bond donors (Lipinski definition) is 3. The SMILES string of the molecule is CC[C@@H](C)NC(=O)N[C@@H](C)c1ccc(S(N)(=O)=O)cc1. The van der Waals surface area contributed by atoms with Gasteiger partial charge in [-0.25, -0.2) is 18.4 Å². The van der Waals surface area contributed by atoms with Crippen molar-refractivity contribution in [1.82, 2.24) is 10.6 Å². The minimum atomic E-state index is -3.69. The standard InChI is InChI=1S/C13H21N3O3S/c1-4-9(2)15-13(17)16-10(3)11-5-7-12(8-6-11)20(14,18)19/h5-10H,4H2,1-3H3,(H2,14,18,19)(H2,15,16,17)/t9-,10+/m1/s1. The zero-order valence-electron chi connectivity index (χ0n) is 11.9. The lowest BCUT2D eigenvalue weighted by atomic mass is 10.1. The molecular formula is C13H21N3O3S. The number of carbonyl (C=O) groups is 1. The Morgan fingerprint density at radius 2 is 1.75 bits per heavy atom. The molecule has 2 atom stereocenters. The third-order valence-corrected chi connectivity index (χ3v) is 3.98. The van der Waals surface area contributed by atoms with Crippen molar-refractivity contribution in [3.63, 3.8) is 0 Å². The van der Waals surface area contributed by atoms with Gasteiger partial charge in [0.2, 0.25) is 10.0 Å². The second kappa shape index (κ2) is 6.71. The van der Waals surface area contributed by atoms with E-state index in [2.05, 4.69) is 10.6 Å². The smallest absolute Gasteiger partial charge is 0.315 e. The number of hydrogen-bond acceptors (Lipinski definition) is 3. The summed E-state index contributed by atoms with van der Waals surface area (Å²) < 4.78 is 22.3. The number of rotatable bonds is 5. The lowest BCUT2D eigenvalue weighted by Crippen LogP contribution is -2.41. The predicted octanol–water partition coefficient (Wildman–Crippen LogP) is 1.49. The molecule has 4 N–H and O–H groups in total. The van der Waals surface area contributed by atoms with Crippen LogP contribution in [0.15, 0.2) is 29.2 Å². The molecule has 0 aliphatic carbocycles. The molecule has 0 saturated carbocycles. The average molecular weight is 299 g/mol. The summed E-state index contributed by atoms with van der Waals surface area (Å²) in [6.45, 7) is 5.73. The van der Waals surface area contributed by atoms with Crippen molar-refractivity contribution in [3.8, 4) is 0 Å². The van der Waals surface area contributed by atoms with Crippen LogP contribution in [0.4, 0.5) is 4.79 Å². The molecule has 20 heavy (non-hydrogen) atoms. The molecule has 0 saturated heterocycles. The van der Waals surface area contributed by atoms with Crippen molar-refractivity contribution in [2.45, 2.75) is 44.2 Å². The normalized spacial score (nSPS) is 14.4. The Hall–Kier alpha value is -1.60. The van der Waals surface area contributed by atoms with Gasteiger partial charge in [0.15, 0.2) is 0 Å². The second-order valence-corrected chi connectivity index (χ2v) is 6.32. The van der Waals surface area contributed by atoms with Crippen LogP contribution in [0.5, 0.6) is 0 Å². The van der Waals surface area contributed by atoms with Crippen LogP contribution in [0.2, 0.25) is 0 Å². The van der Waals surface area contributed by atoms with E-state index < -0.39 is 10.0 Å². The number of urea groups is 1. The van der Waals surface area contributed by atoms with E-state index in [4.69, 9.17) is 5.14 Å². The molecule has 0 heterocycles. The topological polar surface area (TPSA) is 101 Å². The van der Waals surface area contributed by atoms with Crippen LogP contribution < -0.4 is 15.8 Å². The van der Waals surface area contributed by atoms with Crippen molar-refractivity contribution >= 4 is 16.1 Å². The van der Waals surface area contributed by atoms with Gasteiger partial charge in [0, 0.05) is 6.04 Å². The fraction of sp³-hybridized carbons (Fsp3) is 0.462. The summed E-state index contributed by atoms with van der Waals surface area (Å²) in [6.07, 6.45) is 0.852. The number of nitrogens with two attached hydrogens (primary N) is 1. The summed E-state index contributed by atoms with van der Waals surface area (Å²) in [4.78, 5) is 11.7. The van der Waals surface area contributed by atoms with Gasteiger partial charge in [-0.2, -0.15) is 0 Å². The number of primary sulfonamides is 1. The highest BCUT2D eigenvalue weighted by Gasteiger charge is 2.12. The summed E-state index contributed by atoms with van der Waals surface area (Å²) in [5.74, 6) is 0. The Balaban J connectivity index is 2.69. The predicted molar refractivity (Wildman–Crippen MR) is 77.7 cm³/mol. The molecule has 0 aliphatic rings. The molecule has 1 aromatic rings. The molecule has 0 spiro atoms. The molecule has 6 nitrogen and oxygen atoms in total. The Bertz CT molecular complexity index is 555. The summed E-state index contributed by atoms with van der Waals surface area (Å²) in [7, 11) is -3.69. The van der Waals surface area contributed by atoms with Crippen LogP contribution in [-0.2, 0) is 10.0 Å². The fourth-order valence-corrected chi connectivity index (χ4v) is 2.11. The fourth-order valence-electron chi connectivity index (χ4n) is 1.59. The molecule has 0 fully saturated rings. The van der Waals surface area contributed by atoms with Crippen molar-refractivity contribution in [3.05, 3.63) is 29.8 Å². The molecule has 0 unspecified atom stereocenters. The first-order valence-electron chi connectivity index (χ1n) is 6.43. The maximum atomic E-state index is 11.7. The Kier molecular flexibility index (Phi) is 5.52. The van der Waals surface area contributed by atoms with Crippen LogP contribution in [0.3, 0.4) is 0 Å². The molecule has 112 valence electrons. The van der Waals surface area contributed by atoms with Gasteiger partial charge in [-0.3, -0.25) is 0 Å². The van der Waals surface area contributed by atoms with E-state index in [1.54, 1.807) is 12.1 Å². The number of benzene rings is 1. The van der Waals surface area contributed by atoms with E-state index in [0.29, 0.717) is 0 Å². The highest BCUT2D eigenvalue weighted by Crippen LogP contribution is 2.15. The molecule has 0 radical (unpaired) electrons. The van der Waals surface area contributed by atoms with Gasteiger partial charge in [-0.1, -0.05) is 19.1 Å². The van der Waals surface area contributed by atoms with Crippen LogP contribution in [0.1, 0.15) is 38.8 Å². The summed E-state index contributed by atoms with van der Waals surface area (Å²) in [6, 6.07) is 5.75. The van der Waals surface area contributed by atoms with Crippen molar-refractivity contribution in [2.24, 2.45) is 5.14 Å². The molecular weight excluding hydrogens is 278 g/mol. The zero-order chi connectivity index (χ0) is 15.3. The van der Waals surface area contributed by atoms with Gasteiger partial charge in [0.25, 0.3) is 0 Å². The molecule has 0 aliphatic heterocycles. The Labute approximate surface area is 119 Å². The Morgan fingerprint density at radius 3 is 2.20 bits per heavy atom. The first-order chi connectivity index (χ1) is 9.24. The number of carbonyl (C=O) groups excluding carboxylic acids is 1. The largest absolute Gasteiger partial charge is 0.336 e. The molecule has 1 rings (SSSR count). The maximum Gasteiger partial charge on any atom is 0.315 e. The Morgan fingerprint density at radius 1 is 1.20 bits per heavy atom. The maximum absolute atomic E-state index is 11.7. The highest BCUT2D eigenvalue weighted by molar-refractivity contribution is 7.89. The van der Waals surface area contributed by atoms with Crippen LogP contribution in [0.25, 0.3) is 0 Å². The first-order valence-corrected chi connectivity index (χ1v) is 7.98. The summed E-state index contributed by atoms with van der Waals surface area (Å²) >= 11 is 0. The van der Waals surface area contributed by atoms with Crippen LogP contribution in [0, 0.1) is 0 Å². The van der Waals surface area contributed by atoms with E-state index in [1.165, 1.54) is 12.1 Å². The van der Waals surface area contributed by atoms with Gasteiger partial charge >= 0.3 is 6.03 Å². The van der Waals surface area contributed by atoms with Crippen molar-refractivity contribution in [2.75, 3.05) is 0 Å². The first kappa shape index (κ1) is 16.5. The molecule has 0 bridgehead atoms. The minimum Gasteiger partial charge on any atom is -0.336 e. The van der Waals surface area contributed by atoms with Gasteiger partial charge < -0.3 is 10.6 Å². The lowest BCUT2D eigenvalue weighted by Gasteiger charge is -2.17. The van der Waals surface area contributed by atoms with E-state index in [9.17, 15) is 13.2 Å². The number of nitrogens with one attached hydrogen (secondary N) is 2. The van der Waals surface area contributed by atoms with Crippen molar-refractivity contribution in [1.29, 1.82) is 0 Å². The molecule has 1 aromatic carbocycles. The van der Waals surface area contributed by atoms with Crippen molar-refractivity contribution < 1.29 is 13.2 Å². The van der Waals surface area contributed by atoms with E-state index in [1.807, 2.05) is 20.8 Å². The van der Waals surface area contributed by atoms with Crippen LogP contribution >= 0.6 is 0 Å². The average Bonchev–Trinajstić information content (AvgIpc) is 2.37. The van der Waals surface area contributed by atoms with E-state index in [-0.39, 0.29) is 23.0 Å². The van der Waals surface area contributed by atoms with E-state index in [0.717, 1.165) is 12.0 Å². The highest BCUT2D eigenvalue weighted by atomic mass is 32.2. The minimum absolute atomic E-state index is 0.0532. The summed E-state index contributed by atoms with van der Waals surface area (Å²) in [5, 5.41) is 10.6. The van der Waals surface area contributed by atoms with Gasteiger partial charge in [0.05, 0.1) is 10.9 Å². The van der Waals surface area contributed by atoms with Gasteiger partial charge in [-0.05, 0) is 38.0 Å². The molecule has 0 aromatic heterocycles. The number of amides is 2. The lowest BCUT2D eigenvalue weighted by molar-refractivity contribution is 0.234. The molecule has 7 heteroatoms.